The van der Waals surface area contributed by atoms with Gasteiger partial charge in [0, 0.05) is 32.8 Å². The molecule has 144 valence electrons. The smallest absolute Gasteiger partial charge is 0.0828 e. The van der Waals surface area contributed by atoms with Crippen molar-refractivity contribution in [3.05, 3.63) is 71.8 Å². The van der Waals surface area contributed by atoms with E-state index in [9.17, 15) is 0 Å². The highest BCUT2D eigenvalue weighted by molar-refractivity contribution is 5.20. The van der Waals surface area contributed by atoms with Crippen LogP contribution in [0.4, 0.5) is 0 Å². The third-order valence-corrected chi connectivity index (χ3v) is 6.00. The fourth-order valence-electron chi connectivity index (χ4n) is 4.53. The fraction of sp³-hybridized carbons (Fsp3) is 0.500. The number of piperidine rings is 1. The predicted octanol–water partition coefficient (Wildman–Crippen LogP) is 4.16. The zero-order valence-corrected chi connectivity index (χ0v) is 16.3. The first-order chi connectivity index (χ1) is 13.4. The van der Waals surface area contributed by atoms with Crippen LogP contribution in [0.25, 0.3) is 0 Å². The average molecular weight is 365 g/mol. The number of likely N-dealkylation sites (tertiary alicyclic amines) is 1. The molecule has 2 aliphatic rings. The van der Waals surface area contributed by atoms with Crippen LogP contribution in [0, 0.1) is 0 Å². The number of benzene rings is 2. The van der Waals surface area contributed by atoms with Gasteiger partial charge in [-0.15, -0.1) is 0 Å². The third kappa shape index (κ3) is 5.41. The van der Waals surface area contributed by atoms with Crippen molar-refractivity contribution < 1.29 is 4.74 Å². The molecule has 2 saturated heterocycles. The second-order valence-electron chi connectivity index (χ2n) is 8.05. The average Bonchev–Trinajstić information content (AvgIpc) is 2.95. The SMILES string of the molecule is c1ccc(CN2CCCOC(CN3CCC(c4ccccc4)CC3)C2)cc1. The van der Waals surface area contributed by atoms with Crippen LogP contribution in [-0.2, 0) is 11.3 Å². The zero-order chi connectivity index (χ0) is 18.3. The second kappa shape index (κ2) is 9.50. The van der Waals surface area contributed by atoms with Crippen molar-refractivity contribution in [3.8, 4) is 0 Å². The maximum absolute atomic E-state index is 6.20. The van der Waals surface area contributed by atoms with Crippen molar-refractivity contribution in [1.29, 1.82) is 0 Å². The van der Waals surface area contributed by atoms with Crippen LogP contribution in [0.2, 0.25) is 0 Å². The van der Waals surface area contributed by atoms with Crippen LogP contribution in [0.5, 0.6) is 0 Å². The van der Waals surface area contributed by atoms with E-state index >= 15 is 0 Å². The first-order valence-corrected chi connectivity index (χ1v) is 10.5. The fourth-order valence-corrected chi connectivity index (χ4v) is 4.53. The summed E-state index contributed by atoms with van der Waals surface area (Å²) in [6, 6.07) is 21.9. The van der Waals surface area contributed by atoms with Gasteiger partial charge in [-0.1, -0.05) is 60.7 Å². The van der Waals surface area contributed by atoms with Crippen LogP contribution in [0.1, 0.15) is 36.3 Å². The van der Waals surface area contributed by atoms with E-state index in [0.29, 0.717) is 6.10 Å². The highest BCUT2D eigenvalue weighted by Crippen LogP contribution is 2.28. The first kappa shape index (κ1) is 18.7. The summed E-state index contributed by atoms with van der Waals surface area (Å²) in [6.07, 6.45) is 4.01. The van der Waals surface area contributed by atoms with E-state index in [4.69, 9.17) is 4.74 Å². The topological polar surface area (TPSA) is 15.7 Å². The molecule has 2 aromatic carbocycles. The van der Waals surface area contributed by atoms with Crippen molar-refractivity contribution in [3.63, 3.8) is 0 Å². The normalized spacial score (nSPS) is 23.2. The summed E-state index contributed by atoms with van der Waals surface area (Å²) >= 11 is 0. The molecule has 0 N–H and O–H groups in total. The molecule has 3 heteroatoms. The number of nitrogens with zero attached hydrogens (tertiary/aromatic N) is 2. The molecule has 1 unspecified atom stereocenters. The summed E-state index contributed by atoms with van der Waals surface area (Å²) in [5.41, 5.74) is 2.92. The molecule has 0 aliphatic carbocycles. The molecular formula is C24H32N2O. The Bertz CT molecular complexity index is 667. The van der Waals surface area contributed by atoms with Gasteiger partial charge in [-0.3, -0.25) is 4.90 Å². The van der Waals surface area contributed by atoms with E-state index in [0.717, 1.165) is 45.1 Å². The van der Waals surface area contributed by atoms with Gasteiger partial charge in [0.15, 0.2) is 0 Å². The standard InChI is InChI=1S/C24H32N2O/c1-3-8-21(9-4-1)18-26-14-7-17-27-24(20-26)19-25-15-12-23(13-16-25)22-10-5-2-6-11-22/h1-6,8-11,23-24H,7,12-20H2. The van der Waals surface area contributed by atoms with Gasteiger partial charge in [0.1, 0.15) is 0 Å². The summed E-state index contributed by atoms with van der Waals surface area (Å²) in [4.78, 5) is 5.19. The van der Waals surface area contributed by atoms with Gasteiger partial charge in [-0.25, -0.2) is 0 Å². The second-order valence-corrected chi connectivity index (χ2v) is 8.05. The van der Waals surface area contributed by atoms with E-state index in [1.54, 1.807) is 0 Å². The lowest BCUT2D eigenvalue weighted by molar-refractivity contribution is 0.0203. The van der Waals surface area contributed by atoms with Gasteiger partial charge >= 0.3 is 0 Å². The van der Waals surface area contributed by atoms with Crippen molar-refractivity contribution in [2.45, 2.75) is 37.8 Å². The quantitative estimate of drug-likeness (QED) is 0.792. The molecule has 4 rings (SSSR count). The first-order valence-electron chi connectivity index (χ1n) is 10.5. The lowest BCUT2D eigenvalue weighted by Gasteiger charge is -2.35. The molecular weight excluding hydrogens is 332 g/mol. The van der Waals surface area contributed by atoms with Gasteiger partial charge in [-0.05, 0) is 49.4 Å². The van der Waals surface area contributed by atoms with Crippen molar-refractivity contribution in [2.75, 3.05) is 39.3 Å². The Morgan fingerprint density at radius 2 is 1.52 bits per heavy atom. The number of hydrogen-bond donors (Lipinski definition) is 0. The van der Waals surface area contributed by atoms with Crippen molar-refractivity contribution in [2.24, 2.45) is 0 Å². The lowest BCUT2D eigenvalue weighted by Crippen LogP contribution is -2.43. The van der Waals surface area contributed by atoms with Gasteiger partial charge in [-0.2, -0.15) is 0 Å². The Balaban J connectivity index is 1.27. The predicted molar refractivity (Wildman–Crippen MR) is 111 cm³/mol. The molecule has 2 fully saturated rings. The molecule has 3 nitrogen and oxygen atoms in total. The van der Waals surface area contributed by atoms with Crippen molar-refractivity contribution in [1.82, 2.24) is 9.80 Å². The van der Waals surface area contributed by atoms with E-state index in [2.05, 4.69) is 70.5 Å². The van der Waals surface area contributed by atoms with E-state index in [-0.39, 0.29) is 0 Å². The molecule has 0 saturated carbocycles. The minimum absolute atomic E-state index is 0.337. The Kier molecular flexibility index (Phi) is 6.57. The molecule has 2 heterocycles. The molecule has 0 spiro atoms. The van der Waals surface area contributed by atoms with Gasteiger partial charge < -0.3 is 9.64 Å². The van der Waals surface area contributed by atoms with E-state index in [1.807, 2.05) is 0 Å². The Morgan fingerprint density at radius 1 is 0.815 bits per heavy atom. The molecule has 0 aromatic heterocycles. The van der Waals surface area contributed by atoms with Crippen LogP contribution < -0.4 is 0 Å². The van der Waals surface area contributed by atoms with Crippen LogP contribution in [0.15, 0.2) is 60.7 Å². The van der Waals surface area contributed by atoms with Crippen molar-refractivity contribution >= 4 is 0 Å². The third-order valence-electron chi connectivity index (χ3n) is 6.00. The molecule has 2 aliphatic heterocycles. The molecule has 0 radical (unpaired) electrons. The summed E-state index contributed by atoms with van der Waals surface area (Å²) in [5.74, 6) is 0.729. The lowest BCUT2D eigenvalue weighted by atomic mass is 9.89. The Morgan fingerprint density at radius 3 is 2.26 bits per heavy atom. The number of hydrogen-bond acceptors (Lipinski definition) is 3. The Labute approximate surface area is 163 Å². The van der Waals surface area contributed by atoms with E-state index < -0.39 is 0 Å². The number of ether oxygens (including phenoxy) is 1. The van der Waals surface area contributed by atoms with Crippen LogP contribution in [0.3, 0.4) is 0 Å². The van der Waals surface area contributed by atoms with Gasteiger partial charge in [0.25, 0.3) is 0 Å². The van der Waals surface area contributed by atoms with Gasteiger partial charge in [0.05, 0.1) is 6.10 Å². The Hall–Kier alpha value is -1.68. The molecule has 0 bridgehead atoms. The monoisotopic (exact) mass is 364 g/mol. The summed E-state index contributed by atoms with van der Waals surface area (Å²) in [6.45, 7) is 7.59. The highest BCUT2D eigenvalue weighted by atomic mass is 16.5. The molecule has 1 atom stereocenters. The zero-order valence-electron chi connectivity index (χ0n) is 16.3. The van der Waals surface area contributed by atoms with E-state index in [1.165, 1.54) is 37.1 Å². The molecule has 0 amide bonds. The molecule has 27 heavy (non-hydrogen) atoms. The highest BCUT2D eigenvalue weighted by Gasteiger charge is 2.25. The maximum atomic E-state index is 6.20. The summed E-state index contributed by atoms with van der Waals surface area (Å²) in [7, 11) is 0. The van der Waals surface area contributed by atoms with Gasteiger partial charge in [0.2, 0.25) is 0 Å². The van der Waals surface area contributed by atoms with Crippen LogP contribution >= 0.6 is 0 Å². The summed E-state index contributed by atoms with van der Waals surface area (Å²) in [5, 5.41) is 0. The number of rotatable bonds is 5. The summed E-state index contributed by atoms with van der Waals surface area (Å²) < 4.78 is 6.20. The minimum Gasteiger partial charge on any atom is -0.376 e. The maximum Gasteiger partial charge on any atom is 0.0828 e. The molecule has 2 aromatic rings. The van der Waals surface area contributed by atoms with Crippen LogP contribution in [-0.4, -0.2) is 55.2 Å². The minimum atomic E-state index is 0.337. The largest absolute Gasteiger partial charge is 0.376 e.